The van der Waals surface area contributed by atoms with Gasteiger partial charge in [-0.25, -0.2) is 17.9 Å². The molecule has 3 atom stereocenters. The van der Waals surface area contributed by atoms with Crippen LogP contribution in [0.5, 0.6) is 5.75 Å². The van der Waals surface area contributed by atoms with Gasteiger partial charge in [0.1, 0.15) is 11.5 Å². The lowest BCUT2D eigenvalue weighted by molar-refractivity contribution is -0.0777. The van der Waals surface area contributed by atoms with Gasteiger partial charge in [0.05, 0.1) is 6.61 Å². The molecule has 1 saturated carbocycles. The van der Waals surface area contributed by atoms with Gasteiger partial charge in [0, 0.05) is 48.2 Å². The van der Waals surface area contributed by atoms with E-state index in [2.05, 4.69) is 9.88 Å². The zero-order valence-electron chi connectivity index (χ0n) is 15.8. The molecule has 29 heavy (non-hydrogen) atoms. The fourth-order valence-electron chi connectivity index (χ4n) is 3.66. The summed E-state index contributed by atoms with van der Waals surface area (Å²) in [7, 11) is 0. The lowest BCUT2D eigenvalue weighted by Crippen LogP contribution is -2.37. The molecular weight excluding hydrogens is 409 g/mol. The van der Waals surface area contributed by atoms with Crippen LogP contribution in [0.25, 0.3) is 11.3 Å². The minimum atomic E-state index is -2.80. The summed E-state index contributed by atoms with van der Waals surface area (Å²) >= 11 is -2.39. The number of aromatic nitrogens is 1. The van der Waals surface area contributed by atoms with Crippen molar-refractivity contribution in [3.63, 3.8) is 0 Å². The molecule has 1 N–H and O–H groups in total. The van der Waals surface area contributed by atoms with Crippen molar-refractivity contribution < 1.29 is 31.2 Å². The fourth-order valence-corrected chi connectivity index (χ4v) is 3.95. The van der Waals surface area contributed by atoms with Crippen LogP contribution in [0, 0.1) is 24.6 Å². The number of benzene rings is 1. The molecule has 1 aliphatic carbocycles. The minimum absolute atomic E-state index is 0.0274. The van der Waals surface area contributed by atoms with E-state index < -0.39 is 28.9 Å². The van der Waals surface area contributed by atoms with Gasteiger partial charge in [-0.2, -0.15) is 0 Å². The SMILES string of the molecule is Cc1cc(-c2ccc(OC[C@@H]3CC(F)(F)CC[C@H]3CCNS(=O)[O-])c(F)c2)no1. The van der Waals surface area contributed by atoms with Gasteiger partial charge in [0.2, 0.25) is 5.92 Å². The summed E-state index contributed by atoms with van der Waals surface area (Å²) in [6.45, 7) is 1.83. The molecule has 160 valence electrons. The van der Waals surface area contributed by atoms with Gasteiger partial charge in [-0.3, -0.25) is 4.21 Å². The third-order valence-corrected chi connectivity index (χ3v) is 5.59. The average molecular weight is 431 g/mol. The third kappa shape index (κ3) is 6.03. The molecule has 6 nitrogen and oxygen atoms in total. The van der Waals surface area contributed by atoms with Gasteiger partial charge in [0.25, 0.3) is 0 Å². The van der Waals surface area contributed by atoms with Crippen LogP contribution in [-0.2, 0) is 11.3 Å². The minimum Gasteiger partial charge on any atom is -0.760 e. The Kier molecular flexibility index (Phi) is 6.97. The zero-order valence-corrected chi connectivity index (χ0v) is 16.6. The van der Waals surface area contributed by atoms with E-state index in [-0.39, 0.29) is 44.1 Å². The Bertz CT molecular complexity index is 862. The van der Waals surface area contributed by atoms with Crippen molar-refractivity contribution in [3.05, 3.63) is 35.8 Å². The maximum Gasteiger partial charge on any atom is 0.248 e. The summed E-state index contributed by atoms with van der Waals surface area (Å²) in [5, 5.41) is 3.83. The van der Waals surface area contributed by atoms with Gasteiger partial charge >= 0.3 is 0 Å². The highest BCUT2D eigenvalue weighted by atomic mass is 32.2. The Balaban J connectivity index is 1.64. The number of rotatable bonds is 8. The Morgan fingerprint density at radius 1 is 1.38 bits per heavy atom. The molecule has 0 aliphatic heterocycles. The summed E-state index contributed by atoms with van der Waals surface area (Å²) in [6.07, 6.45) is 0.0804. The van der Waals surface area contributed by atoms with Crippen molar-refractivity contribution in [3.8, 4) is 17.0 Å². The smallest absolute Gasteiger partial charge is 0.248 e. The predicted octanol–water partition coefficient (Wildman–Crippen LogP) is 3.99. The van der Waals surface area contributed by atoms with Crippen LogP contribution in [0.4, 0.5) is 13.2 Å². The number of hydrogen-bond donors (Lipinski definition) is 1. The highest BCUT2D eigenvalue weighted by Crippen LogP contribution is 2.41. The zero-order chi connectivity index (χ0) is 21.0. The van der Waals surface area contributed by atoms with Crippen LogP contribution in [0.15, 0.2) is 28.8 Å². The Labute approximate surface area is 169 Å². The van der Waals surface area contributed by atoms with Crippen LogP contribution in [0.3, 0.4) is 0 Å². The molecule has 1 aromatic carbocycles. The van der Waals surface area contributed by atoms with Crippen LogP contribution in [-0.4, -0.2) is 33.0 Å². The molecule has 0 bridgehead atoms. The first-order chi connectivity index (χ1) is 13.7. The van der Waals surface area contributed by atoms with Gasteiger partial charge in [0.15, 0.2) is 11.6 Å². The maximum atomic E-state index is 14.4. The summed E-state index contributed by atoms with van der Waals surface area (Å²) in [4.78, 5) is 0. The van der Waals surface area contributed by atoms with Crippen molar-refractivity contribution in [1.29, 1.82) is 0 Å². The first kappa shape index (κ1) is 21.8. The summed E-state index contributed by atoms with van der Waals surface area (Å²) in [5.74, 6) is -3.48. The van der Waals surface area contributed by atoms with E-state index in [4.69, 9.17) is 9.26 Å². The highest BCUT2D eigenvalue weighted by Gasteiger charge is 2.41. The Hall–Kier alpha value is -1.91. The van der Waals surface area contributed by atoms with E-state index in [0.717, 1.165) is 0 Å². The van der Waals surface area contributed by atoms with E-state index in [9.17, 15) is 21.9 Å². The Morgan fingerprint density at radius 2 is 2.17 bits per heavy atom. The van der Waals surface area contributed by atoms with E-state index in [1.165, 1.54) is 12.1 Å². The van der Waals surface area contributed by atoms with Crippen LogP contribution in [0.2, 0.25) is 0 Å². The van der Waals surface area contributed by atoms with Crippen molar-refractivity contribution in [2.45, 2.75) is 38.5 Å². The molecular formula is C19H22F3N2O4S-. The lowest BCUT2D eigenvalue weighted by Gasteiger charge is -2.36. The summed E-state index contributed by atoms with van der Waals surface area (Å²) in [6, 6.07) is 5.99. The largest absolute Gasteiger partial charge is 0.760 e. The summed E-state index contributed by atoms with van der Waals surface area (Å²) in [5.41, 5.74) is 1.01. The van der Waals surface area contributed by atoms with E-state index in [1.54, 1.807) is 19.1 Å². The molecule has 10 heteroatoms. The highest BCUT2D eigenvalue weighted by molar-refractivity contribution is 7.77. The number of alkyl halides is 2. The second-order valence-corrected chi connectivity index (χ2v) is 8.07. The monoisotopic (exact) mass is 431 g/mol. The molecule has 0 saturated heterocycles. The molecule has 1 heterocycles. The molecule has 2 aromatic rings. The topological polar surface area (TPSA) is 87.4 Å². The molecule has 1 fully saturated rings. The van der Waals surface area contributed by atoms with E-state index >= 15 is 0 Å². The fraction of sp³-hybridized carbons (Fsp3) is 0.526. The number of nitrogens with zero attached hydrogens (tertiary/aromatic N) is 1. The maximum absolute atomic E-state index is 14.4. The van der Waals surface area contributed by atoms with Crippen molar-refractivity contribution in [2.24, 2.45) is 11.8 Å². The molecule has 3 rings (SSSR count). The van der Waals surface area contributed by atoms with Crippen molar-refractivity contribution in [2.75, 3.05) is 13.2 Å². The van der Waals surface area contributed by atoms with Crippen molar-refractivity contribution in [1.82, 2.24) is 9.88 Å². The molecule has 0 amide bonds. The molecule has 1 aliphatic rings. The second kappa shape index (κ2) is 9.27. The number of ether oxygens (including phenoxy) is 1. The predicted molar refractivity (Wildman–Crippen MR) is 99.4 cm³/mol. The van der Waals surface area contributed by atoms with Gasteiger partial charge in [-0.05, 0) is 43.9 Å². The Morgan fingerprint density at radius 3 is 2.83 bits per heavy atom. The standard InChI is InChI=1S/C19H23F3N2O4S/c1-12-8-17(24-28-12)14-2-3-18(16(20)9-14)27-11-15-10-19(21,22)6-4-13(15)5-7-23-29(25)26/h2-3,8-9,13,15,23H,4-7,10-11H2,1H3,(H,25,26)/p-1/t13-,15-/m0/s1. The van der Waals surface area contributed by atoms with Crippen molar-refractivity contribution >= 4 is 11.3 Å². The van der Waals surface area contributed by atoms with Gasteiger partial charge in [-0.15, -0.1) is 0 Å². The second-order valence-electron chi connectivity index (χ2n) is 7.32. The van der Waals surface area contributed by atoms with Gasteiger partial charge < -0.3 is 13.8 Å². The van der Waals surface area contributed by atoms with Crippen LogP contribution < -0.4 is 9.46 Å². The number of aryl methyl sites for hydroxylation is 1. The third-order valence-electron chi connectivity index (χ3n) is 5.15. The first-order valence-electron chi connectivity index (χ1n) is 9.30. The molecule has 1 aromatic heterocycles. The normalized spacial score (nSPS) is 22.4. The van der Waals surface area contributed by atoms with Crippen LogP contribution in [0.1, 0.15) is 31.4 Å². The molecule has 0 spiro atoms. The van der Waals surface area contributed by atoms with Gasteiger partial charge in [-0.1, -0.05) is 5.16 Å². The molecule has 1 unspecified atom stereocenters. The van der Waals surface area contributed by atoms with Crippen LogP contribution >= 0.6 is 0 Å². The quantitative estimate of drug-likeness (QED) is 0.639. The lowest BCUT2D eigenvalue weighted by atomic mass is 9.76. The number of halogens is 3. The van der Waals surface area contributed by atoms with E-state index in [1.807, 2.05) is 0 Å². The first-order valence-corrected chi connectivity index (χ1v) is 10.4. The number of hydrogen-bond acceptors (Lipinski definition) is 5. The average Bonchev–Trinajstić information content (AvgIpc) is 3.08. The number of nitrogens with one attached hydrogen (secondary N) is 1. The van der Waals surface area contributed by atoms with E-state index in [0.29, 0.717) is 23.4 Å². The summed E-state index contributed by atoms with van der Waals surface area (Å²) < 4.78 is 76.1. The molecule has 0 radical (unpaired) electrons.